The number of allylic oxidation sites excluding steroid dienone is 2. The topological polar surface area (TPSA) is 90.3 Å². The third-order valence-corrected chi connectivity index (χ3v) is 10.2. The van der Waals surface area contributed by atoms with Gasteiger partial charge in [-0.3, -0.25) is 19.4 Å². The predicted octanol–water partition coefficient (Wildman–Crippen LogP) is 5.84. The number of piperidine rings is 1. The van der Waals surface area contributed by atoms with Crippen LogP contribution in [0.4, 0.5) is 0 Å². The first-order chi connectivity index (χ1) is 21.3. The van der Waals surface area contributed by atoms with E-state index in [1.807, 2.05) is 18.2 Å². The lowest BCUT2D eigenvalue weighted by Gasteiger charge is -2.42. The van der Waals surface area contributed by atoms with Gasteiger partial charge in [0.05, 0.1) is 17.9 Å². The second kappa shape index (κ2) is 13.4. The quantitative estimate of drug-likeness (QED) is 0.215. The van der Waals surface area contributed by atoms with Crippen molar-refractivity contribution >= 4 is 25.0 Å². The molecule has 3 fully saturated rings. The number of phenolic OH excluding ortho intramolecular Hbond substituents is 1. The number of imide groups is 1. The van der Waals surface area contributed by atoms with Gasteiger partial charge in [0, 0.05) is 25.7 Å². The highest BCUT2D eigenvalue weighted by molar-refractivity contribution is 6.43. The van der Waals surface area contributed by atoms with Gasteiger partial charge in [0.15, 0.2) is 0 Å². The Kier molecular flexibility index (Phi) is 9.41. The largest absolute Gasteiger partial charge is 0.508 e. The van der Waals surface area contributed by atoms with Crippen molar-refractivity contribution in [2.75, 3.05) is 13.1 Å². The summed E-state index contributed by atoms with van der Waals surface area (Å²) in [6.45, 7) is 6.87. The van der Waals surface area contributed by atoms with Gasteiger partial charge in [-0.25, -0.2) is 0 Å². The Morgan fingerprint density at radius 2 is 1.73 bits per heavy atom. The van der Waals surface area contributed by atoms with Crippen LogP contribution in [0.2, 0.25) is 6.32 Å². The molecule has 1 aliphatic carbocycles. The third kappa shape index (κ3) is 6.44. The zero-order valence-electron chi connectivity index (χ0n) is 26.0. The van der Waals surface area contributed by atoms with Gasteiger partial charge in [-0.1, -0.05) is 73.0 Å². The van der Waals surface area contributed by atoms with Crippen molar-refractivity contribution < 1.29 is 24.4 Å². The van der Waals surface area contributed by atoms with Gasteiger partial charge < -0.3 is 14.8 Å². The van der Waals surface area contributed by atoms with Crippen molar-refractivity contribution in [2.24, 2.45) is 17.8 Å². The summed E-state index contributed by atoms with van der Waals surface area (Å²) < 4.78 is 6.16. The Morgan fingerprint density at radius 3 is 2.43 bits per heavy atom. The molecule has 2 N–H and O–H groups in total. The minimum Gasteiger partial charge on any atom is -0.508 e. The van der Waals surface area contributed by atoms with E-state index in [9.17, 15) is 19.7 Å². The van der Waals surface area contributed by atoms with E-state index in [0.29, 0.717) is 19.2 Å². The lowest BCUT2D eigenvalue weighted by atomic mass is 9.58. The number of amides is 2. The number of fused-ring (bicyclic) bond motifs is 3. The number of hydrogen-bond donors (Lipinski definition) is 2. The van der Waals surface area contributed by atoms with Crippen LogP contribution in [0.1, 0.15) is 69.9 Å². The molecule has 2 aromatic carbocycles. The van der Waals surface area contributed by atoms with Gasteiger partial charge in [0.1, 0.15) is 5.75 Å². The summed E-state index contributed by atoms with van der Waals surface area (Å²) in [7, 11) is -0.950. The van der Waals surface area contributed by atoms with E-state index in [-0.39, 0.29) is 41.5 Å². The molecule has 6 rings (SSSR count). The van der Waals surface area contributed by atoms with E-state index < -0.39 is 13.0 Å². The number of phenols is 1. The molecular formula is C36H45BN2O5. The number of rotatable bonds is 9. The summed E-state index contributed by atoms with van der Waals surface area (Å²) in [5.41, 5.74) is 5.91. The highest BCUT2D eigenvalue weighted by Crippen LogP contribution is 2.51. The van der Waals surface area contributed by atoms with E-state index >= 15 is 0 Å². The second-order valence-electron chi connectivity index (χ2n) is 13.2. The van der Waals surface area contributed by atoms with Crippen LogP contribution in [0.5, 0.6) is 5.75 Å². The highest BCUT2D eigenvalue weighted by Gasteiger charge is 2.58. The van der Waals surface area contributed by atoms with Gasteiger partial charge in [-0.2, -0.15) is 0 Å². The Morgan fingerprint density at radius 1 is 1.00 bits per heavy atom. The number of benzene rings is 2. The van der Waals surface area contributed by atoms with Gasteiger partial charge in [0.25, 0.3) is 0 Å². The maximum Gasteiger partial charge on any atom is 0.455 e. The molecule has 44 heavy (non-hydrogen) atoms. The summed E-state index contributed by atoms with van der Waals surface area (Å²) >= 11 is 0. The molecule has 0 bridgehead atoms. The van der Waals surface area contributed by atoms with Crippen molar-refractivity contribution in [2.45, 2.75) is 83.8 Å². The number of nitrogens with zero attached hydrogens (tertiary/aromatic N) is 2. The SMILES string of the molecule is CCC/C(=C\c1ccc(O)cc1)CC[C@H]1OB(O)C[C@H]2C1=C(C)C[C@H]1C(=O)N(C3CCN(Cc4ccccc4)CC3)C(=O)[C@H]12. The lowest BCUT2D eigenvalue weighted by Crippen LogP contribution is -2.48. The number of carbonyl (C=O) groups is 2. The van der Waals surface area contributed by atoms with Crippen LogP contribution in [-0.2, 0) is 20.8 Å². The summed E-state index contributed by atoms with van der Waals surface area (Å²) in [6, 6.07) is 17.6. The lowest BCUT2D eigenvalue weighted by molar-refractivity contribution is -0.144. The van der Waals surface area contributed by atoms with Crippen molar-refractivity contribution in [3.63, 3.8) is 0 Å². The van der Waals surface area contributed by atoms with Crippen LogP contribution in [0.25, 0.3) is 6.08 Å². The van der Waals surface area contributed by atoms with E-state index in [1.54, 1.807) is 17.0 Å². The zero-order chi connectivity index (χ0) is 30.8. The smallest absolute Gasteiger partial charge is 0.455 e. The molecule has 4 aliphatic rings. The second-order valence-corrected chi connectivity index (χ2v) is 13.2. The molecule has 7 nitrogen and oxygen atoms in total. The van der Waals surface area contributed by atoms with Crippen molar-refractivity contribution in [3.05, 3.63) is 82.4 Å². The number of hydrogen-bond acceptors (Lipinski definition) is 6. The predicted molar refractivity (Wildman–Crippen MR) is 172 cm³/mol. The molecule has 8 heteroatoms. The number of carbonyl (C=O) groups excluding carboxylic acids is 2. The molecule has 2 amide bonds. The van der Waals surface area contributed by atoms with Crippen LogP contribution in [0.3, 0.4) is 0 Å². The minimum absolute atomic E-state index is 0.0143. The minimum atomic E-state index is -0.950. The van der Waals surface area contributed by atoms with Crippen LogP contribution in [0, 0.1) is 17.8 Å². The first-order valence-corrected chi connectivity index (χ1v) is 16.5. The molecule has 2 aromatic rings. The van der Waals surface area contributed by atoms with Crippen LogP contribution in [-0.4, -0.2) is 64.1 Å². The maximum atomic E-state index is 14.1. The molecule has 3 heterocycles. The van der Waals surface area contributed by atoms with Crippen molar-refractivity contribution in [1.82, 2.24) is 9.80 Å². The summed E-state index contributed by atoms with van der Waals surface area (Å²) in [6.07, 6.45) is 7.95. The molecule has 4 atom stereocenters. The van der Waals surface area contributed by atoms with Crippen molar-refractivity contribution in [1.29, 1.82) is 0 Å². The Bertz CT molecular complexity index is 1400. The van der Waals surface area contributed by atoms with E-state index in [2.05, 4.69) is 49.1 Å². The van der Waals surface area contributed by atoms with E-state index in [4.69, 9.17) is 4.65 Å². The average molecular weight is 597 g/mol. The molecule has 0 unspecified atom stereocenters. The van der Waals surface area contributed by atoms with Crippen LogP contribution < -0.4 is 0 Å². The Labute approximate surface area is 261 Å². The standard InChI is InChI=1S/C36H45BN2O5/c1-3-7-25(21-26-10-13-29(40)14-11-26)12-15-32-33-24(2)20-30-34(31(33)22-37(43)44-32)36(42)39(35(30)41)28-16-18-38(19-17-28)23-27-8-5-4-6-9-27/h4-6,8-11,13-14,21,28,30-32,34,40,43H,3,7,12,15-20,22-23H2,1-2H3/b25-21+/t30-,31+,32-,34-/m1/s1. The fraction of sp³-hybridized carbons (Fsp3) is 0.500. The highest BCUT2D eigenvalue weighted by atomic mass is 16.5. The number of aromatic hydroxyl groups is 1. The zero-order valence-corrected chi connectivity index (χ0v) is 26.0. The molecule has 0 radical (unpaired) electrons. The average Bonchev–Trinajstić information content (AvgIpc) is 3.26. The van der Waals surface area contributed by atoms with E-state index in [0.717, 1.165) is 68.4 Å². The third-order valence-electron chi connectivity index (χ3n) is 10.2. The van der Waals surface area contributed by atoms with Gasteiger partial charge in [-0.15, -0.1) is 0 Å². The molecule has 232 valence electrons. The molecular weight excluding hydrogens is 551 g/mol. The molecule has 3 saturated heterocycles. The van der Waals surface area contributed by atoms with Crippen LogP contribution in [0.15, 0.2) is 71.3 Å². The molecule has 0 spiro atoms. The number of likely N-dealkylation sites (tertiary alicyclic amines) is 2. The fourth-order valence-electron chi connectivity index (χ4n) is 8.19. The fourth-order valence-corrected chi connectivity index (χ4v) is 8.19. The summed E-state index contributed by atoms with van der Waals surface area (Å²) in [5, 5.41) is 20.5. The normalized spacial score (nSPS) is 26.8. The maximum absolute atomic E-state index is 14.1. The van der Waals surface area contributed by atoms with Gasteiger partial charge in [-0.05, 0) is 86.5 Å². The molecule has 0 aromatic heterocycles. The molecule has 0 saturated carbocycles. The first kappa shape index (κ1) is 30.8. The first-order valence-electron chi connectivity index (χ1n) is 16.5. The summed E-state index contributed by atoms with van der Waals surface area (Å²) in [4.78, 5) is 32.0. The van der Waals surface area contributed by atoms with Crippen molar-refractivity contribution in [3.8, 4) is 5.75 Å². The monoisotopic (exact) mass is 596 g/mol. The van der Waals surface area contributed by atoms with Crippen LogP contribution >= 0.6 is 0 Å². The molecule has 3 aliphatic heterocycles. The summed E-state index contributed by atoms with van der Waals surface area (Å²) in [5.74, 6) is -0.720. The Balaban J connectivity index is 1.15. The van der Waals surface area contributed by atoms with E-state index in [1.165, 1.54) is 11.1 Å². The van der Waals surface area contributed by atoms with Gasteiger partial charge in [0.2, 0.25) is 11.8 Å². The van der Waals surface area contributed by atoms with Gasteiger partial charge >= 0.3 is 7.12 Å². The Hall–Kier alpha value is -3.20.